The summed E-state index contributed by atoms with van der Waals surface area (Å²) in [5.74, 6) is -8.30. The summed E-state index contributed by atoms with van der Waals surface area (Å²) >= 11 is 0. The molecule has 74 heavy (non-hydrogen) atoms. The molecular weight excluding hydrogens is 970 g/mol. The van der Waals surface area contributed by atoms with Crippen molar-refractivity contribution in [2.24, 2.45) is 17.6 Å². The van der Waals surface area contributed by atoms with Crippen LogP contribution in [0.5, 0.6) is 23.0 Å². The van der Waals surface area contributed by atoms with E-state index >= 15 is 0 Å². The number of primary amides is 1. The van der Waals surface area contributed by atoms with Crippen LogP contribution in [0.15, 0.2) is 102 Å². The third kappa shape index (κ3) is 9.39. The molecule has 2 amide bonds. The van der Waals surface area contributed by atoms with Crippen molar-refractivity contribution in [2.45, 2.75) is 94.8 Å². The number of nitrogens with one attached hydrogen (secondary N) is 1. The molecule has 0 aliphatic heterocycles. The van der Waals surface area contributed by atoms with Gasteiger partial charge in [-0.1, -0.05) is 13.0 Å². The van der Waals surface area contributed by atoms with Crippen LogP contribution in [0.3, 0.4) is 0 Å². The zero-order chi connectivity index (χ0) is 53.7. The number of phenolic OH excluding ortho intramolecular Hbond substituents is 1. The number of unbranched alkanes of at least 4 members (excludes halogenated alkanes) is 8. The molecule has 396 valence electrons. The number of fused-ring (bicyclic) bond motifs is 3. The van der Waals surface area contributed by atoms with Crippen molar-refractivity contribution in [1.82, 2.24) is 4.90 Å². The predicted molar refractivity (Wildman–Crippen MR) is 282 cm³/mol. The Morgan fingerprint density at radius 3 is 1.66 bits per heavy atom. The SMILES string of the molecule is COc1ccc(P(CCCCCCCCCCCC(=O)Nc2ccc3c(c2O)C(O)=C2C(=O)[C@]4(O)C(O)=C(C(N)=O)C(=O)[C@@H](N(C)C)[C@@H]4[C@@H](O)[C@@H]2[C@H]3C)(OC=O)(c2ccc(OC)cc2)c2ccc(OC)cc2)cc1. The van der Waals surface area contributed by atoms with Crippen molar-refractivity contribution >= 4 is 64.0 Å². The molecule has 18 heteroatoms. The normalized spacial score (nSPS) is 22.0. The number of aliphatic hydroxyl groups is 4. The van der Waals surface area contributed by atoms with Gasteiger partial charge in [0.1, 0.15) is 22.8 Å². The fraction of sp³-hybridized carbons (Fsp3) is 0.411. The van der Waals surface area contributed by atoms with Crippen molar-refractivity contribution in [3.8, 4) is 23.0 Å². The number of hydrogen-bond acceptors (Lipinski definition) is 15. The minimum absolute atomic E-state index is 0.0398. The first-order valence-corrected chi connectivity index (χ1v) is 27.3. The maximum absolute atomic E-state index is 14.3. The van der Waals surface area contributed by atoms with Crippen molar-refractivity contribution in [3.05, 3.63) is 113 Å². The van der Waals surface area contributed by atoms with Crippen LogP contribution in [0.2, 0.25) is 0 Å². The van der Waals surface area contributed by atoms with Crippen LogP contribution >= 0.6 is 6.83 Å². The Morgan fingerprint density at radius 1 is 0.743 bits per heavy atom. The van der Waals surface area contributed by atoms with Crippen molar-refractivity contribution in [2.75, 3.05) is 46.9 Å². The molecule has 17 nitrogen and oxygen atoms in total. The summed E-state index contributed by atoms with van der Waals surface area (Å²) in [6.07, 6.45) is 6.83. The van der Waals surface area contributed by atoms with Crippen molar-refractivity contribution < 1.29 is 68.2 Å². The molecule has 3 aliphatic rings. The molecule has 0 spiro atoms. The molecule has 6 atom stereocenters. The Bertz CT molecular complexity index is 2710. The summed E-state index contributed by atoms with van der Waals surface area (Å²) in [5.41, 5.74) is 0.952. The van der Waals surface area contributed by atoms with Gasteiger partial charge in [-0.25, -0.2) is 0 Å². The topological polar surface area (TPSA) is 265 Å². The second-order valence-electron chi connectivity index (χ2n) is 19.7. The third-order valence-electron chi connectivity index (χ3n) is 15.5. The van der Waals surface area contributed by atoms with Crippen LogP contribution in [0.1, 0.15) is 88.2 Å². The van der Waals surface area contributed by atoms with Gasteiger partial charge in [0.15, 0.2) is 11.4 Å². The molecule has 0 saturated heterocycles. The Morgan fingerprint density at radius 2 is 1.22 bits per heavy atom. The van der Waals surface area contributed by atoms with Gasteiger partial charge >= 0.3 is 240 Å². The molecule has 1 saturated carbocycles. The number of carbonyl (C=O) groups excluding carboxylic acids is 5. The van der Waals surface area contributed by atoms with Crippen molar-refractivity contribution in [1.29, 1.82) is 0 Å². The number of ether oxygens (including phenoxy) is 3. The van der Waals surface area contributed by atoms with Gasteiger partial charge in [0.2, 0.25) is 5.78 Å². The van der Waals surface area contributed by atoms with E-state index < -0.39 is 88.2 Å². The van der Waals surface area contributed by atoms with E-state index in [0.717, 1.165) is 67.3 Å². The molecular formula is C56H68N3O14P. The number of carbonyl (C=O) groups is 5. The van der Waals surface area contributed by atoms with E-state index in [0.29, 0.717) is 41.9 Å². The molecule has 8 N–H and O–H groups in total. The number of benzene rings is 4. The monoisotopic (exact) mass is 1040 g/mol. The molecule has 3 aliphatic carbocycles. The zero-order valence-electron chi connectivity index (χ0n) is 42.7. The first kappa shape index (κ1) is 55.0. The van der Waals surface area contributed by atoms with E-state index in [1.165, 1.54) is 25.1 Å². The van der Waals surface area contributed by atoms with Gasteiger partial charge in [-0.2, -0.15) is 0 Å². The molecule has 0 heterocycles. The van der Waals surface area contributed by atoms with Gasteiger partial charge in [0, 0.05) is 11.5 Å². The average Bonchev–Trinajstić information content (AvgIpc) is 3.39. The number of phenols is 1. The minimum atomic E-state index is -3.94. The first-order valence-electron chi connectivity index (χ1n) is 24.9. The summed E-state index contributed by atoms with van der Waals surface area (Å²) in [6.45, 7) is -1.72. The summed E-state index contributed by atoms with van der Waals surface area (Å²) in [4.78, 5) is 67.5. The number of ketones is 2. The van der Waals surface area contributed by atoms with Crippen LogP contribution in [0.25, 0.3) is 5.76 Å². The van der Waals surface area contributed by atoms with E-state index in [1.54, 1.807) is 34.3 Å². The number of Topliss-reactive ketones (excluding diaryl/α,β-unsaturated/α-hetero) is 2. The number of likely N-dealkylation sites (N-methyl/N-ethyl adjacent to an activating group) is 1. The summed E-state index contributed by atoms with van der Waals surface area (Å²) in [5, 5.41) is 63.6. The molecule has 0 radical (unpaired) electrons. The Kier molecular flexibility index (Phi) is 16.6. The van der Waals surface area contributed by atoms with Gasteiger partial charge < -0.3 is 36.6 Å². The zero-order valence-corrected chi connectivity index (χ0v) is 43.6. The number of nitrogens with two attached hydrogens (primary N) is 1. The molecule has 0 aromatic heterocycles. The molecule has 4 aromatic rings. The molecule has 7 rings (SSSR count). The summed E-state index contributed by atoms with van der Waals surface area (Å²) in [7, 11) is 7.72. The van der Waals surface area contributed by atoms with E-state index in [9.17, 15) is 49.5 Å². The van der Waals surface area contributed by atoms with E-state index in [2.05, 4.69) is 5.32 Å². The summed E-state index contributed by atoms with van der Waals surface area (Å²) in [6, 6.07) is 24.8. The Labute approximate surface area is 431 Å². The fourth-order valence-electron chi connectivity index (χ4n) is 11.7. The average molecular weight is 1040 g/mol. The molecule has 4 aromatic carbocycles. The van der Waals surface area contributed by atoms with Gasteiger partial charge in [0.05, 0.1) is 29.3 Å². The maximum atomic E-state index is 14.3. The standard InChI is InChI=1S/C56H68N3O14P/c1-33-40-29-30-41(49(62)44(40)50(63)45-43(33)51(64)47-48(59(2)3)52(65)46(55(57)68)54(67)56(47,69)53(45)66)58-42(61)16-14-12-10-8-7-9-11-13-15-31-74(73-32-60,37-23-17-34(70-4)18-24-37,38-25-19-35(71-5)20-26-38)39-27-21-36(72-6)22-28-39/h17-30,32-33,43,47-48,51,62-64,67,69H,7-16,31H2,1-6H3,(H2,57,68)(H,58,61)/t33-,43+,47+,48-,51-,56-/m0/s1. The number of nitrogens with zero attached hydrogens (tertiary/aromatic N) is 1. The second-order valence-corrected chi connectivity index (χ2v) is 24.3. The number of methoxy groups -OCH3 is 3. The van der Waals surface area contributed by atoms with E-state index in [4.69, 9.17) is 24.5 Å². The molecule has 0 unspecified atom stereocenters. The summed E-state index contributed by atoms with van der Waals surface area (Å²) < 4.78 is 23.2. The van der Waals surface area contributed by atoms with Crippen LogP contribution in [0, 0.1) is 11.8 Å². The number of aliphatic hydroxyl groups excluding tert-OH is 3. The number of amides is 2. The van der Waals surface area contributed by atoms with Crippen LogP contribution in [-0.4, -0.2) is 120 Å². The van der Waals surface area contributed by atoms with Crippen LogP contribution in [-0.2, 0) is 28.5 Å². The van der Waals surface area contributed by atoms with Crippen molar-refractivity contribution in [3.63, 3.8) is 0 Å². The quantitative estimate of drug-likeness (QED) is 0.0148. The van der Waals surface area contributed by atoms with Crippen LogP contribution in [0.4, 0.5) is 5.69 Å². The first-order chi connectivity index (χ1) is 35.4. The van der Waals surface area contributed by atoms with E-state index in [-0.39, 0.29) is 23.6 Å². The number of rotatable bonds is 23. The van der Waals surface area contributed by atoms with E-state index in [1.807, 2.05) is 72.8 Å². The number of anilines is 1. The van der Waals surface area contributed by atoms with Gasteiger partial charge in [0.25, 0.3) is 5.91 Å². The Hall–Kier alpha value is -6.78. The number of hydrogen-bond donors (Lipinski definition) is 7. The molecule has 0 bridgehead atoms. The number of aromatic hydroxyl groups is 1. The van der Waals surface area contributed by atoms with Crippen LogP contribution < -0.4 is 41.2 Å². The van der Waals surface area contributed by atoms with Gasteiger partial charge in [-0.3, -0.25) is 24.1 Å². The molecule has 1 fully saturated rings. The fourth-order valence-corrected chi connectivity index (χ4v) is 17.2. The predicted octanol–water partition coefficient (Wildman–Crippen LogP) is 5.98. The van der Waals surface area contributed by atoms with Gasteiger partial charge in [-0.05, 0) is 31.6 Å². The Balaban J connectivity index is 0.956. The van der Waals surface area contributed by atoms with Gasteiger partial charge in [-0.15, -0.1) is 0 Å². The third-order valence-corrected chi connectivity index (χ3v) is 21.4. The second kappa shape index (κ2) is 22.4.